The SMILES string of the molecule is CC(O)(CNC(=O)Nc1ccccc1N)CC(=O)O. The average Bonchev–Trinajstić information content (AvgIpc) is 2.28. The number of aliphatic carboxylic acids is 1. The Morgan fingerprint density at radius 1 is 1.37 bits per heavy atom. The van der Waals surface area contributed by atoms with E-state index in [2.05, 4.69) is 10.6 Å². The number of carbonyl (C=O) groups excluding carboxylic acids is 1. The van der Waals surface area contributed by atoms with E-state index in [1.165, 1.54) is 6.92 Å². The number of hydrogen-bond donors (Lipinski definition) is 5. The minimum Gasteiger partial charge on any atom is -0.481 e. The summed E-state index contributed by atoms with van der Waals surface area (Å²) in [6.07, 6.45) is -0.458. The number of benzene rings is 1. The highest BCUT2D eigenvalue weighted by Crippen LogP contribution is 2.16. The van der Waals surface area contributed by atoms with Crippen molar-refractivity contribution >= 4 is 23.4 Å². The molecule has 0 aliphatic rings. The van der Waals surface area contributed by atoms with Gasteiger partial charge >= 0.3 is 12.0 Å². The van der Waals surface area contributed by atoms with Crippen LogP contribution in [0.2, 0.25) is 0 Å². The summed E-state index contributed by atoms with van der Waals surface area (Å²) in [6, 6.07) is 6.15. The molecule has 104 valence electrons. The third kappa shape index (κ3) is 5.26. The molecule has 1 rings (SSSR count). The maximum absolute atomic E-state index is 11.6. The van der Waals surface area contributed by atoms with Crippen LogP contribution in [0.4, 0.5) is 16.2 Å². The van der Waals surface area contributed by atoms with Crippen molar-refractivity contribution in [2.75, 3.05) is 17.6 Å². The fourth-order valence-corrected chi connectivity index (χ4v) is 1.44. The number of carboxylic acids is 1. The molecule has 0 heterocycles. The Morgan fingerprint density at radius 2 is 2.00 bits per heavy atom. The molecule has 0 saturated carbocycles. The van der Waals surface area contributed by atoms with E-state index < -0.39 is 24.0 Å². The van der Waals surface area contributed by atoms with Gasteiger partial charge in [-0.15, -0.1) is 0 Å². The second-order valence-electron chi connectivity index (χ2n) is 4.46. The minimum atomic E-state index is -1.51. The summed E-state index contributed by atoms with van der Waals surface area (Å²) in [7, 11) is 0. The number of urea groups is 1. The van der Waals surface area contributed by atoms with Crippen molar-refractivity contribution in [2.45, 2.75) is 18.9 Å². The van der Waals surface area contributed by atoms with Crippen molar-refractivity contribution in [3.8, 4) is 0 Å². The molecule has 0 fully saturated rings. The summed E-state index contributed by atoms with van der Waals surface area (Å²) in [4.78, 5) is 22.1. The van der Waals surface area contributed by atoms with Crippen LogP contribution in [-0.2, 0) is 4.79 Å². The third-order valence-electron chi connectivity index (χ3n) is 2.37. The van der Waals surface area contributed by atoms with Gasteiger partial charge in [0.25, 0.3) is 0 Å². The first kappa shape index (κ1) is 14.8. The Morgan fingerprint density at radius 3 is 2.58 bits per heavy atom. The van der Waals surface area contributed by atoms with Gasteiger partial charge in [0.15, 0.2) is 0 Å². The zero-order valence-corrected chi connectivity index (χ0v) is 10.5. The van der Waals surface area contributed by atoms with Gasteiger partial charge in [-0.25, -0.2) is 4.79 Å². The lowest BCUT2D eigenvalue weighted by molar-refractivity contribution is -0.141. The molecule has 7 nitrogen and oxygen atoms in total. The highest BCUT2D eigenvalue weighted by atomic mass is 16.4. The van der Waals surface area contributed by atoms with Crippen LogP contribution in [0.15, 0.2) is 24.3 Å². The number of para-hydroxylation sites is 2. The van der Waals surface area contributed by atoms with E-state index in [9.17, 15) is 14.7 Å². The molecule has 0 radical (unpaired) electrons. The van der Waals surface area contributed by atoms with E-state index in [1.807, 2.05) is 0 Å². The summed E-state index contributed by atoms with van der Waals surface area (Å²) in [5.74, 6) is -1.14. The zero-order valence-electron chi connectivity index (χ0n) is 10.5. The molecule has 6 N–H and O–H groups in total. The van der Waals surface area contributed by atoms with Gasteiger partial charge in [-0.1, -0.05) is 12.1 Å². The molecule has 1 unspecified atom stereocenters. The van der Waals surface area contributed by atoms with Gasteiger partial charge in [0.05, 0.1) is 23.4 Å². The molecule has 0 aliphatic heterocycles. The first-order valence-electron chi connectivity index (χ1n) is 5.64. The number of carbonyl (C=O) groups is 2. The summed E-state index contributed by atoms with van der Waals surface area (Å²) < 4.78 is 0. The molecule has 19 heavy (non-hydrogen) atoms. The molecule has 1 atom stereocenters. The number of rotatable bonds is 5. The fourth-order valence-electron chi connectivity index (χ4n) is 1.44. The lowest BCUT2D eigenvalue weighted by Crippen LogP contribution is -2.43. The van der Waals surface area contributed by atoms with Gasteiger partial charge in [0.2, 0.25) is 0 Å². The lowest BCUT2D eigenvalue weighted by atomic mass is 10.0. The standard InChI is InChI=1S/C12H17N3O4/c1-12(19,6-10(16)17)7-14-11(18)15-9-5-3-2-4-8(9)13/h2-5,19H,6-7,13H2,1H3,(H,16,17)(H2,14,15,18). The second-order valence-corrected chi connectivity index (χ2v) is 4.46. The van der Waals surface area contributed by atoms with Crippen molar-refractivity contribution < 1.29 is 19.8 Å². The largest absolute Gasteiger partial charge is 0.481 e. The molecule has 0 aromatic heterocycles. The summed E-state index contributed by atoms with van der Waals surface area (Å²) in [5, 5.41) is 23.2. The van der Waals surface area contributed by atoms with E-state index in [-0.39, 0.29) is 6.54 Å². The Kier molecular flexibility index (Phi) is 4.71. The monoisotopic (exact) mass is 267 g/mol. The topological polar surface area (TPSA) is 125 Å². The predicted octanol–water partition coefficient (Wildman–Crippen LogP) is 0.616. The van der Waals surface area contributed by atoms with Crippen LogP contribution in [-0.4, -0.2) is 34.4 Å². The Hall–Kier alpha value is -2.28. The van der Waals surface area contributed by atoms with E-state index in [0.29, 0.717) is 11.4 Å². The van der Waals surface area contributed by atoms with E-state index in [0.717, 1.165) is 0 Å². The molecule has 0 saturated heterocycles. The van der Waals surface area contributed by atoms with Crippen LogP contribution in [0.3, 0.4) is 0 Å². The lowest BCUT2D eigenvalue weighted by Gasteiger charge is -2.21. The van der Waals surface area contributed by atoms with Crippen LogP contribution >= 0.6 is 0 Å². The highest BCUT2D eigenvalue weighted by Gasteiger charge is 2.24. The fraction of sp³-hybridized carbons (Fsp3) is 0.333. The molecule has 0 bridgehead atoms. The van der Waals surface area contributed by atoms with E-state index >= 15 is 0 Å². The Balaban J connectivity index is 2.49. The van der Waals surface area contributed by atoms with Gasteiger partial charge < -0.3 is 26.6 Å². The van der Waals surface area contributed by atoms with Crippen molar-refractivity contribution in [3.05, 3.63) is 24.3 Å². The number of hydrogen-bond acceptors (Lipinski definition) is 4. The zero-order chi connectivity index (χ0) is 14.5. The molecule has 0 spiro atoms. The van der Waals surface area contributed by atoms with Crippen molar-refractivity contribution in [2.24, 2.45) is 0 Å². The van der Waals surface area contributed by atoms with Crippen LogP contribution in [0.5, 0.6) is 0 Å². The smallest absolute Gasteiger partial charge is 0.319 e. The molecule has 2 amide bonds. The first-order chi connectivity index (χ1) is 8.80. The number of nitrogens with two attached hydrogens (primary N) is 1. The van der Waals surface area contributed by atoms with Crippen LogP contribution < -0.4 is 16.4 Å². The number of anilines is 2. The van der Waals surface area contributed by atoms with Gasteiger partial charge in [0.1, 0.15) is 0 Å². The van der Waals surface area contributed by atoms with Gasteiger partial charge in [0, 0.05) is 6.54 Å². The molecule has 1 aromatic rings. The minimum absolute atomic E-state index is 0.183. The summed E-state index contributed by atoms with van der Waals surface area (Å²) in [5.41, 5.74) is 4.99. The number of aliphatic hydroxyl groups is 1. The van der Waals surface area contributed by atoms with Gasteiger partial charge in [-0.3, -0.25) is 4.79 Å². The molecular weight excluding hydrogens is 250 g/mol. The van der Waals surface area contributed by atoms with E-state index in [1.54, 1.807) is 24.3 Å². The molecule has 0 aliphatic carbocycles. The average molecular weight is 267 g/mol. The quantitative estimate of drug-likeness (QED) is 0.500. The van der Waals surface area contributed by atoms with Crippen molar-refractivity contribution in [1.29, 1.82) is 0 Å². The number of amides is 2. The maximum atomic E-state index is 11.6. The maximum Gasteiger partial charge on any atom is 0.319 e. The molecule has 7 heteroatoms. The molecule has 1 aromatic carbocycles. The third-order valence-corrected chi connectivity index (χ3v) is 2.37. The highest BCUT2D eigenvalue weighted by molar-refractivity contribution is 5.92. The second kappa shape index (κ2) is 6.05. The van der Waals surface area contributed by atoms with Crippen molar-refractivity contribution in [3.63, 3.8) is 0 Å². The van der Waals surface area contributed by atoms with E-state index in [4.69, 9.17) is 10.8 Å². The summed E-state index contributed by atoms with van der Waals surface area (Å²) >= 11 is 0. The van der Waals surface area contributed by atoms with Gasteiger partial charge in [-0.05, 0) is 19.1 Å². The van der Waals surface area contributed by atoms with Crippen molar-refractivity contribution in [1.82, 2.24) is 5.32 Å². The molecular formula is C12H17N3O4. The number of nitrogen functional groups attached to an aromatic ring is 1. The Bertz CT molecular complexity index is 474. The van der Waals surface area contributed by atoms with Gasteiger partial charge in [-0.2, -0.15) is 0 Å². The number of carboxylic acid groups (broad SMARTS) is 1. The first-order valence-corrected chi connectivity index (χ1v) is 5.64. The van der Waals surface area contributed by atoms with Crippen LogP contribution in [0.25, 0.3) is 0 Å². The normalized spacial score (nSPS) is 13.4. The summed E-state index contributed by atoms with van der Waals surface area (Å²) in [6.45, 7) is 1.15. The number of nitrogens with one attached hydrogen (secondary N) is 2. The predicted molar refractivity (Wildman–Crippen MR) is 70.8 cm³/mol. The van der Waals surface area contributed by atoms with Crippen LogP contribution in [0, 0.1) is 0 Å². The Labute approximate surface area is 110 Å². The van der Waals surface area contributed by atoms with Crippen LogP contribution in [0.1, 0.15) is 13.3 Å².